The molecular weight excluding hydrogens is 348 g/mol. The molecule has 0 amide bonds. The van der Waals surface area contributed by atoms with Crippen molar-refractivity contribution in [2.45, 2.75) is 13.1 Å². The molecule has 2 aromatic carbocycles. The van der Waals surface area contributed by atoms with Crippen LogP contribution in [0, 0.1) is 0 Å². The minimum absolute atomic E-state index is 0.167. The second-order valence-electron chi connectivity index (χ2n) is 6.41. The summed E-state index contributed by atoms with van der Waals surface area (Å²) in [5.74, 6) is 0.741. The van der Waals surface area contributed by atoms with Crippen LogP contribution in [0.2, 0.25) is 5.02 Å². The van der Waals surface area contributed by atoms with Crippen LogP contribution in [0.1, 0.15) is 11.1 Å². The first kappa shape index (κ1) is 16.9. The summed E-state index contributed by atoms with van der Waals surface area (Å²) >= 11 is 6.12. The van der Waals surface area contributed by atoms with E-state index in [2.05, 4.69) is 22.0 Å². The fraction of sp³-hybridized carbons (Fsp3) is 0.190. The van der Waals surface area contributed by atoms with Crippen molar-refractivity contribution in [3.8, 4) is 22.6 Å². The van der Waals surface area contributed by atoms with Crippen molar-refractivity contribution >= 4 is 11.6 Å². The summed E-state index contributed by atoms with van der Waals surface area (Å²) in [6, 6.07) is 15.5. The summed E-state index contributed by atoms with van der Waals surface area (Å²) in [6.07, 6.45) is 3.66. The van der Waals surface area contributed by atoms with Gasteiger partial charge in [0.1, 0.15) is 6.61 Å². The highest BCUT2D eigenvalue weighted by molar-refractivity contribution is 6.30. The summed E-state index contributed by atoms with van der Waals surface area (Å²) in [5, 5.41) is 11.2. The van der Waals surface area contributed by atoms with Crippen LogP contribution in [0.5, 0.6) is 11.5 Å². The van der Waals surface area contributed by atoms with Crippen molar-refractivity contribution in [3.05, 3.63) is 77.1 Å². The van der Waals surface area contributed by atoms with Crippen LogP contribution >= 0.6 is 11.6 Å². The number of nitrogens with zero attached hydrogens (tertiary/aromatic N) is 2. The van der Waals surface area contributed by atoms with Crippen molar-refractivity contribution in [1.82, 2.24) is 9.88 Å². The minimum atomic E-state index is 0.167. The molecule has 0 saturated heterocycles. The summed E-state index contributed by atoms with van der Waals surface area (Å²) < 4.78 is 5.83. The minimum Gasteiger partial charge on any atom is -0.504 e. The molecule has 0 fully saturated rings. The molecule has 1 aromatic heterocycles. The number of hydrogen-bond acceptors (Lipinski definition) is 4. The zero-order valence-corrected chi connectivity index (χ0v) is 15.0. The molecule has 4 rings (SSSR count). The smallest absolute Gasteiger partial charge is 0.165 e. The molecule has 2 heterocycles. The van der Waals surface area contributed by atoms with Crippen molar-refractivity contribution in [3.63, 3.8) is 0 Å². The van der Waals surface area contributed by atoms with Gasteiger partial charge in [0.05, 0.1) is 0 Å². The number of fused-ring (bicyclic) bond motifs is 1. The first-order valence-electron chi connectivity index (χ1n) is 8.55. The predicted molar refractivity (Wildman–Crippen MR) is 102 cm³/mol. The van der Waals surface area contributed by atoms with Gasteiger partial charge in [0.25, 0.3) is 0 Å². The van der Waals surface area contributed by atoms with Gasteiger partial charge in [-0.25, -0.2) is 0 Å². The topological polar surface area (TPSA) is 45.6 Å². The molecule has 5 heteroatoms. The van der Waals surface area contributed by atoms with Gasteiger partial charge in [0, 0.05) is 42.6 Å². The molecule has 0 saturated carbocycles. The number of rotatable bonds is 3. The molecule has 0 radical (unpaired) electrons. The quantitative estimate of drug-likeness (QED) is 0.741. The van der Waals surface area contributed by atoms with Gasteiger partial charge in [0.15, 0.2) is 11.5 Å². The molecule has 4 nitrogen and oxygen atoms in total. The van der Waals surface area contributed by atoms with E-state index in [0.29, 0.717) is 23.9 Å². The van der Waals surface area contributed by atoms with Gasteiger partial charge in [-0.05, 0) is 47.0 Å². The van der Waals surface area contributed by atoms with E-state index in [0.717, 1.165) is 35.3 Å². The summed E-state index contributed by atoms with van der Waals surface area (Å²) in [4.78, 5) is 6.48. The maximum Gasteiger partial charge on any atom is 0.165 e. The van der Waals surface area contributed by atoms with Crippen LogP contribution in [0.3, 0.4) is 0 Å². The second-order valence-corrected chi connectivity index (χ2v) is 6.85. The molecule has 1 aliphatic heterocycles. The lowest BCUT2D eigenvalue weighted by molar-refractivity contribution is 0.217. The molecule has 26 heavy (non-hydrogen) atoms. The lowest BCUT2D eigenvalue weighted by atomic mass is 10.0. The third-order valence-electron chi connectivity index (χ3n) is 4.48. The van der Waals surface area contributed by atoms with E-state index in [4.69, 9.17) is 16.3 Å². The van der Waals surface area contributed by atoms with E-state index >= 15 is 0 Å². The van der Waals surface area contributed by atoms with Gasteiger partial charge in [0.2, 0.25) is 0 Å². The van der Waals surface area contributed by atoms with Crippen molar-refractivity contribution in [1.29, 1.82) is 0 Å². The van der Waals surface area contributed by atoms with E-state index in [1.807, 2.05) is 36.5 Å². The number of benzene rings is 2. The molecule has 0 aliphatic carbocycles. The fourth-order valence-electron chi connectivity index (χ4n) is 3.27. The van der Waals surface area contributed by atoms with Crippen LogP contribution in [-0.2, 0) is 13.1 Å². The van der Waals surface area contributed by atoms with E-state index in [1.165, 1.54) is 0 Å². The third kappa shape index (κ3) is 3.66. The average Bonchev–Trinajstić information content (AvgIpc) is 2.85. The van der Waals surface area contributed by atoms with Gasteiger partial charge >= 0.3 is 0 Å². The summed E-state index contributed by atoms with van der Waals surface area (Å²) in [5.41, 5.74) is 4.03. The molecule has 0 spiro atoms. The Morgan fingerprint density at radius 2 is 2.04 bits per heavy atom. The van der Waals surface area contributed by atoms with Gasteiger partial charge in [-0.2, -0.15) is 0 Å². The van der Waals surface area contributed by atoms with Gasteiger partial charge in [-0.15, -0.1) is 0 Å². The van der Waals surface area contributed by atoms with Crippen molar-refractivity contribution in [2.24, 2.45) is 0 Å². The molecule has 0 unspecified atom stereocenters. The number of hydrogen-bond donors (Lipinski definition) is 1. The first-order valence-corrected chi connectivity index (χ1v) is 8.93. The molecular formula is C21H19ClN2O2. The maximum atomic E-state index is 10.5. The SMILES string of the molecule is Oc1cc(-c2cccc(Cl)c2)cc2c1OCCN(Cc1cccnc1)C2. The maximum absolute atomic E-state index is 10.5. The van der Waals surface area contributed by atoms with E-state index in [-0.39, 0.29) is 5.75 Å². The fourth-order valence-corrected chi connectivity index (χ4v) is 3.46. The molecule has 1 N–H and O–H groups in total. The first-order chi connectivity index (χ1) is 12.7. The van der Waals surface area contributed by atoms with E-state index < -0.39 is 0 Å². The van der Waals surface area contributed by atoms with Crippen molar-refractivity contribution in [2.75, 3.05) is 13.2 Å². The Bertz CT molecular complexity index is 915. The molecule has 0 atom stereocenters. The Morgan fingerprint density at radius 3 is 2.85 bits per heavy atom. The van der Waals surface area contributed by atoms with Gasteiger partial charge in [-0.1, -0.05) is 29.8 Å². The average molecular weight is 367 g/mol. The number of halogens is 1. The van der Waals surface area contributed by atoms with E-state index in [9.17, 15) is 5.11 Å². The summed E-state index contributed by atoms with van der Waals surface area (Å²) in [6.45, 7) is 2.82. The number of ether oxygens (including phenoxy) is 1. The van der Waals surface area contributed by atoms with Crippen LogP contribution in [0.15, 0.2) is 60.9 Å². The normalized spacial score (nSPS) is 14.3. The molecule has 132 valence electrons. The van der Waals surface area contributed by atoms with Gasteiger partial charge < -0.3 is 9.84 Å². The number of phenolic OH excluding ortho intramolecular Hbond substituents is 1. The number of aromatic hydroxyl groups is 1. The standard InChI is InChI=1S/C21H19ClN2O2/c22-19-5-1-4-16(10-19)17-9-18-14-24(13-15-3-2-6-23-12-15)7-8-26-21(18)20(25)11-17/h1-6,9-12,25H,7-8,13-14H2. The zero-order valence-electron chi connectivity index (χ0n) is 14.2. The number of phenols is 1. The number of pyridine rings is 1. The van der Waals surface area contributed by atoms with E-state index in [1.54, 1.807) is 12.3 Å². The molecule has 0 bridgehead atoms. The highest BCUT2D eigenvalue weighted by Crippen LogP contribution is 2.38. The Hall–Kier alpha value is -2.56. The highest BCUT2D eigenvalue weighted by Gasteiger charge is 2.20. The number of aromatic nitrogens is 1. The van der Waals surface area contributed by atoms with Gasteiger partial charge in [-0.3, -0.25) is 9.88 Å². The Balaban J connectivity index is 1.65. The zero-order chi connectivity index (χ0) is 17.9. The monoisotopic (exact) mass is 366 g/mol. The highest BCUT2D eigenvalue weighted by atomic mass is 35.5. The third-order valence-corrected chi connectivity index (χ3v) is 4.72. The van der Waals surface area contributed by atoms with Crippen LogP contribution in [0.4, 0.5) is 0 Å². The van der Waals surface area contributed by atoms with Crippen molar-refractivity contribution < 1.29 is 9.84 Å². The lowest BCUT2D eigenvalue weighted by Crippen LogP contribution is -2.25. The second kappa shape index (κ2) is 7.36. The Morgan fingerprint density at radius 1 is 1.12 bits per heavy atom. The Labute approximate surface area is 157 Å². The molecule has 1 aliphatic rings. The Kier molecular flexibility index (Phi) is 4.78. The van der Waals surface area contributed by atoms with Crippen LogP contribution < -0.4 is 4.74 Å². The van der Waals surface area contributed by atoms with Crippen LogP contribution in [-0.4, -0.2) is 28.1 Å². The predicted octanol–water partition coefficient (Wildman–Crippen LogP) is 4.50. The lowest BCUT2D eigenvalue weighted by Gasteiger charge is -2.19. The molecule has 3 aromatic rings. The summed E-state index contributed by atoms with van der Waals surface area (Å²) in [7, 11) is 0. The largest absolute Gasteiger partial charge is 0.504 e. The van der Waals surface area contributed by atoms with Crippen LogP contribution in [0.25, 0.3) is 11.1 Å².